The van der Waals surface area contributed by atoms with Crippen molar-refractivity contribution in [2.24, 2.45) is 0 Å². The van der Waals surface area contributed by atoms with Crippen LogP contribution in [0.25, 0.3) is 11.1 Å². The van der Waals surface area contributed by atoms with Gasteiger partial charge < -0.3 is 9.47 Å². The summed E-state index contributed by atoms with van der Waals surface area (Å²) in [7, 11) is 0. The monoisotopic (exact) mass is 550 g/mol. The van der Waals surface area contributed by atoms with Crippen molar-refractivity contribution in [1.29, 1.82) is 0 Å². The first-order chi connectivity index (χ1) is 10.5. The van der Waals surface area contributed by atoms with Crippen molar-refractivity contribution in [2.75, 3.05) is 0 Å². The molecule has 0 saturated heterocycles. The molecule has 2 nitrogen and oxygen atoms in total. The van der Waals surface area contributed by atoms with Crippen LogP contribution in [0.5, 0.6) is 11.5 Å². The largest absolute Gasteiger partial charge is 0.463 e. The quantitative estimate of drug-likeness (QED) is 0.358. The van der Waals surface area contributed by atoms with Gasteiger partial charge in [-0.05, 0) is 99.1 Å². The zero-order valence-corrected chi connectivity index (χ0v) is 17.6. The van der Waals surface area contributed by atoms with E-state index in [9.17, 15) is 0 Å². The maximum Gasteiger partial charge on any atom is 0.154 e. The Morgan fingerprint density at radius 1 is 0.636 bits per heavy atom. The molecule has 0 heterocycles. The van der Waals surface area contributed by atoms with Gasteiger partial charge in [-0.15, -0.1) is 0 Å². The van der Waals surface area contributed by atoms with Crippen LogP contribution in [-0.4, -0.2) is 0 Å². The summed E-state index contributed by atoms with van der Waals surface area (Å²) >= 11 is 14.0. The molecule has 0 bridgehead atoms. The third-order valence-corrected chi connectivity index (χ3v) is 5.09. The van der Waals surface area contributed by atoms with Crippen molar-refractivity contribution in [1.82, 2.24) is 0 Å². The molecule has 0 saturated carbocycles. The molecule has 0 aliphatic rings. The first-order valence-corrected chi connectivity index (χ1v) is 9.18. The maximum absolute atomic E-state index is 5.38. The van der Waals surface area contributed by atoms with Crippen LogP contribution in [0.3, 0.4) is 0 Å². The Balaban J connectivity index is 2.53. The third kappa shape index (κ3) is 3.85. The van der Waals surface area contributed by atoms with E-state index in [4.69, 9.17) is 9.47 Å². The number of hydrogen-bond acceptors (Lipinski definition) is 2. The summed E-state index contributed by atoms with van der Waals surface area (Å²) in [6.07, 6.45) is 2.78. The van der Waals surface area contributed by atoms with Gasteiger partial charge in [-0.3, -0.25) is 0 Å². The Labute approximate surface area is 162 Å². The van der Waals surface area contributed by atoms with Gasteiger partial charge in [-0.25, -0.2) is 0 Å². The Bertz CT molecular complexity index is 631. The highest BCUT2D eigenvalue weighted by Crippen LogP contribution is 2.42. The lowest BCUT2D eigenvalue weighted by atomic mass is 10.1. The van der Waals surface area contributed by atoms with Gasteiger partial charge in [0.2, 0.25) is 0 Å². The maximum atomic E-state index is 5.38. The molecule has 0 aliphatic heterocycles. The third-order valence-electron chi connectivity index (χ3n) is 2.73. The Morgan fingerprint density at radius 2 is 0.909 bits per heavy atom. The topological polar surface area (TPSA) is 18.5 Å². The molecule has 22 heavy (non-hydrogen) atoms. The molecule has 114 valence electrons. The Kier molecular flexibility index (Phi) is 6.32. The van der Waals surface area contributed by atoms with Crippen molar-refractivity contribution in [2.45, 2.75) is 0 Å². The second-order valence-electron chi connectivity index (χ2n) is 4.11. The minimum absolute atomic E-state index is 0.684. The lowest BCUT2D eigenvalue weighted by Gasteiger charge is -2.12. The predicted octanol–water partition coefficient (Wildman–Crippen LogP) is 7.45. The van der Waals surface area contributed by atoms with Gasteiger partial charge in [-0.2, -0.15) is 0 Å². The van der Waals surface area contributed by atoms with Crippen LogP contribution in [0, 0.1) is 0 Å². The molecule has 6 heteroatoms. The van der Waals surface area contributed by atoms with Gasteiger partial charge in [0.15, 0.2) is 11.5 Å². The zero-order chi connectivity index (χ0) is 16.3. The molecule has 0 atom stereocenters. The zero-order valence-electron chi connectivity index (χ0n) is 11.2. The van der Waals surface area contributed by atoms with Crippen LogP contribution < -0.4 is 9.47 Å². The number of benzene rings is 2. The molecule has 0 unspecified atom stereocenters. The highest BCUT2D eigenvalue weighted by Gasteiger charge is 2.13. The lowest BCUT2D eigenvalue weighted by molar-refractivity contribution is 0.477. The summed E-state index contributed by atoms with van der Waals surface area (Å²) in [5, 5.41) is 0. The lowest BCUT2D eigenvalue weighted by Crippen LogP contribution is -1.89. The molecule has 0 fully saturated rings. The Hall–Kier alpha value is -0.560. The smallest absolute Gasteiger partial charge is 0.154 e. The van der Waals surface area contributed by atoms with Crippen LogP contribution in [0.1, 0.15) is 0 Å². The molecule has 0 N–H and O–H groups in total. The van der Waals surface area contributed by atoms with Gasteiger partial charge in [0.1, 0.15) is 0 Å². The van der Waals surface area contributed by atoms with Crippen molar-refractivity contribution in [3.8, 4) is 22.6 Å². The molecule has 0 aromatic heterocycles. The van der Waals surface area contributed by atoms with Crippen LogP contribution in [0.2, 0.25) is 0 Å². The summed E-state index contributed by atoms with van der Waals surface area (Å²) in [5.41, 5.74) is 2.03. The minimum atomic E-state index is 0.684. The van der Waals surface area contributed by atoms with Gasteiger partial charge in [0, 0.05) is 0 Å². The number of hydrogen-bond donors (Lipinski definition) is 0. The fourth-order valence-electron chi connectivity index (χ4n) is 1.84. The molecule has 2 aromatic carbocycles. The summed E-state index contributed by atoms with van der Waals surface area (Å²) in [6.45, 7) is 7.14. The molecule has 0 radical (unpaired) electrons. The highest BCUT2D eigenvalue weighted by atomic mass is 79.9. The minimum Gasteiger partial charge on any atom is -0.463 e. The van der Waals surface area contributed by atoms with Crippen LogP contribution in [0.15, 0.2) is 67.8 Å². The van der Waals surface area contributed by atoms with E-state index in [1.165, 1.54) is 12.5 Å². The highest BCUT2D eigenvalue weighted by molar-refractivity contribution is 9.11. The molecule has 2 rings (SSSR count). The molecular weight excluding hydrogens is 544 g/mol. The van der Waals surface area contributed by atoms with Crippen molar-refractivity contribution < 1.29 is 9.47 Å². The van der Waals surface area contributed by atoms with E-state index in [-0.39, 0.29) is 0 Å². The fraction of sp³-hybridized carbons (Fsp3) is 0. The second-order valence-corrected chi connectivity index (χ2v) is 7.52. The van der Waals surface area contributed by atoms with E-state index >= 15 is 0 Å². The summed E-state index contributed by atoms with van der Waals surface area (Å²) < 4.78 is 14.1. The van der Waals surface area contributed by atoms with E-state index in [0.717, 1.165) is 29.0 Å². The molecule has 2 aromatic rings. The average Bonchev–Trinajstić information content (AvgIpc) is 2.46. The molecule has 0 spiro atoms. The van der Waals surface area contributed by atoms with Crippen molar-refractivity contribution >= 4 is 63.7 Å². The summed E-state index contributed by atoms with van der Waals surface area (Å²) in [6, 6.07) is 7.91. The average molecular weight is 554 g/mol. The van der Waals surface area contributed by atoms with Gasteiger partial charge in [-0.1, -0.05) is 13.2 Å². The van der Waals surface area contributed by atoms with Gasteiger partial charge >= 0.3 is 0 Å². The first-order valence-electron chi connectivity index (χ1n) is 6.01. The van der Waals surface area contributed by atoms with Crippen molar-refractivity contribution in [3.63, 3.8) is 0 Å². The first kappa shape index (κ1) is 17.8. The summed E-state index contributed by atoms with van der Waals surface area (Å²) in [5.74, 6) is 1.37. The van der Waals surface area contributed by atoms with E-state index in [0.29, 0.717) is 11.5 Å². The van der Waals surface area contributed by atoms with E-state index in [2.05, 4.69) is 76.9 Å². The standard InChI is InChI=1S/C16H10Br4O2/c1-3-21-15-11(17)5-9(6-12(15)18)10-7-13(19)16(22-4-2)14(20)8-10/h3-8H,1-2H2. The van der Waals surface area contributed by atoms with Crippen LogP contribution in [-0.2, 0) is 0 Å². The van der Waals surface area contributed by atoms with E-state index in [1.54, 1.807) is 0 Å². The van der Waals surface area contributed by atoms with Gasteiger partial charge in [0.25, 0.3) is 0 Å². The van der Waals surface area contributed by atoms with Crippen LogP contribution >= 0.6 is 63.7 Å². The van der Waals surface area contributed by atoms with Crippen LogP contribution in [0.4, 0.5) is 0 Å². The van der Waals surface area contributed by atoms with Gasteiger partial charge in [0.05, 0.1) is 30.4 Å². The van der Waals surface area contributed by atoms with Crippen molar-refractivity contribution in [3.05, 3.63) is 67.8 Å². The number of halogens is 4. The SMILES string of the molecule is C=COc1c(Br)cc(-c2cc(Br)c(OC=C)c(Br)c2)cc1Br. The van der Waals surface area contributed by atoms with E-state index < -0.39 is 0 Å². The summed E-state index contributed by atoms with van der Waals surface area (Å²) in [4.78, 5) is 0. The predicted molar refractivity (Wildman–Crippen MR) is 104 cm³/mol. The fourth-order valence-corrected chi connectivity index (χ4v) is 4.59. The molecule has 0 aliphatic carbocycles. The Morgan fingerprint density at radius 3 is 1.14 bits per heavy atom. The number of ether oxygens (including phenoxy) is 2. The number of rotatable bonds is 5. The molecule has 0 amide bonds. The normalized spacial score (nSPS) is 10.2. The molecular formula is C16H10Br4O2. The van der Waals surface area contributed by atoms with E-state index in [1.807, 2.05) is 24.3 Å². The second kappa shape index (κ2) is 7.81.